The summed E-state index contributed by atoms with van der Waals surface area (Å²) in [6.07, 6.45) is 3.23. The number of hydrogen-bond acceptors (Lipinski definition) is 8. The Morgan fingerprint density at radius 1 is 1.00 bits per heavy atom. The number of carbonyl (C=O) groups excluding carboxylic acids is 1. The van der Waals surface area contributed by atoms with Crippen molar-refractivity contribution in [3.05, 3.63) is 88.8 Å². The summed E-state index contributed by atoms with van der Waals surface area (Å²) >= 11 is 0. The number of methoxy groups -OCH3 is 1. The number of nitrogens with zero attached hydrogens (tertiary/aromatic N) is 1. The van der Waals surface area contributed by atoms with Crippen molar-refractivity contribution in [2.24, 2.45) is 11.7 Å². The van der Waals surface area contributed by atoms with Gasteiger partial charge >= 0.3 is 5.97 Å². The second-order valence-corrected chi connectivity index (χ2v) is 10.2. The lowest BCUT2D eigenvalue weighted by Gasteiger charge is -2.27. The molecule has 0 saturated heterocycles. The second kappa shape index (κ2) is 13.6. The molecule has 1 heterocycles. The van der Waals surface area contributed by atoms with E-state index < -0.39 is 11.9 Å². The maximum atomic E-state index is 12.8. The van der Waals surface area contributed by atoms with Crippen LogP contribution in [0.1, 0.15) is 67.4 Å². The van der Waals surface area contributed by atoms with Gasteiger partial charge in [-0.1, -0.05) is 45.7 Å². The van der Waals surface area contributed by atoms with Crippen LogP contribution >= 0.6 is 0 Å². The van der Waals surface area contributed by atoms with E-state index in [9.17, 15) is 10.1 Å². The first kappa shape index (κ1) is 29.3. The minimum atomic E-state index is -0.516. The van der Waals surface area contributed by atoms with Crippen molar-refractivity contribution in [3.8, 4) is 34.8 Å². The van der Waals surface area contributed by atoms with Gasteiger partial charge in [-0.3, -0.25) is 0 Å². The number of nitriles is 1. The standard InChI is InChI=1S/C33H36N2O6/c1-5-6-7-16-38-24-11-8-22(9-12-24)33(36)40-25-13-14-26-29(18-25)41-32(35)27(19-34)31(26)23-10-15-28(30(17-23)37-4)39-20-21(2)3/h8-15,17-18,21,31H,5-7,16,20,35H2,1-4H3. The number of unbranched alkanes of at least 4 members (excludes halogenated alkanes) is 2. The van der Waals surface area contributed by atoms with Crippen molar-refractivity contribution in [1.29, 1.82) is 5.26 Å². The number of allylic oxidation sites excluding steroid dienone is 1. The average Bonchev–Trinajstić information content (AvgIpc) is 2.97. The van der Waals surface area contributed by atoms with Crippen molar-refractivity contribution in [1.82, 2.24) is 0 Å². The second-order valence-electron chi connectivity index (χ2n) is 10.2. The summed E-state index contributed by atoms with van der Waals surface area (Å²) in [5.41, 5.74) is 8.33. The van der Waals surface area contributed by atoms with E-state index in [1.165, 1.54) is 0 Å². The lowest BCUT2D eigenvalue weighted by atomic mass is 9.83. The molecule has 4 rings (SSSR count). The average molecular weight is 557 g/mol. The summed E-state index contributed by atoms with van der Waals surface area (Å²) in [6.45, 7) is 7.47. The van der Waals surface area contributed by atoms with Gasteiger partial charge in [-0.05, 0) is 60.4 Å². The fourth-order valence-electron chi connectivity index (χ4n) is 4.48. The zero-order valence-corrected chi connectivity index (χ0v) is 23.9. The number of rotatable bonds is 12. The topological polar surface area (TPSA) is 113 Å². The molecule has 3 aromatic carbocycles. The predicted molar refractivity (Wildman–Crippen MR) is 155 cm³/mol. The van der Waals surface area contributed by atoms with Gasteiger partial charge in [-0.2, -0.15) is 5.26 Å². The lowest BCUT2D eigenvalue weighted by molar-refractivity contribution is 0.0734. The van der Waals surface area contributed by atoms with E-state index in [1.54, 1.807) is 49.6 Å². The first-order valence-electron chi connectivity index (χ1n) is 13.8. The van der Waals surface area contributed by atoms with Gasteiger partial charge in [0.15, 0.2) is 11.5 Å². The molecule has 0 aliphatic carbocycles. The van der Waals surface area contributed by atoms with Crippen LogP contribution in [0.3, 0.4) is 0 Å². The molecule has 41 heavy (non-hydrogen) atoms. The number of esters is 1. The fraction of sp³-hybridized carbons (Fsp3) is 0.333. The van der Waals surface area contributed by atoms with Gasteiger partial charge in [-0.15, -0.1) is 0 Å². The van der Waals surface area contributed by atoms with E-state index in [0.717, 1.165) is 24.8 Å². The van der Waals surface area contributed by atoms with Crippen molar-refractivity contribution in [2.45, 2.75) is 46.0 Å². The molecular weight excluding hydrogens is 520 g/mol. The SMILES string of the molecule is CCCCCOc1ccc(C(=O)Oc2ccc3c(c2)OC(N)=C(C#N)C3c2ccc(OCC(C)C)c(OC)c2)cc1. The van der Waals surface area contributed by atoms with Crippen LogP contribution in [0, 0.1) is 17.2 Å². The molecule has 1 atom stereocenters. The highest BCUT2D eigenvalue weighted by Gasteiger charge is 2.32. The molecule has 214 valence electrons. The largest absolute Gasteiger partial charge is 0.494 e. The van der Waals surface area contributed by atoms with Crippen LogP contribution in [0.4, 0.5) is 0 Å². The third kappa shape index (κ3) is 7.12. The summed E-state index contributed by atoms with van der Waals surface area (Å²) in [5, 5.41) is 9.93. The third-order valence-electron chi connectivity index (χ3n) is 6.60. The molecule has 0 aromatic heterocycles. The van der Waals surface area contributed by atoms with Crippen LogP contribution in [-0.4, -0.2) is 26.3 Å². The molecule has 0 radical (unpaired) electrons. The summed E-state index contributed by atoms with van der Waals surface area (Å²) in [6, 6.07) is 19.6. The van der Waals surface area contributed by atoms with E-state index >= 15 is 0 Å². The summed E-state index contributed by atoms with van der Waals surface area (Å²) < 4.78 is 28.6. The molecule has 1 aliphatic rings. The quantitative estimate of drug-likeness (QED) is 0.148. The Kier molecular flexibility index (Phi) is 9.75. The molecule has 8 heteroatoms. The maximum absolute atomic E-state index is 12.8. The van der Waals surface area contributed by atoms with Crippen LogP contribution in [0.2, 0.25) is 0 Å². The van der Waals surface area contributed by atoms with Crippen LogP contribution in [-0.2, 0) is 0 Å². The minimum absolute atomic E-state index is 0.0119. The Morgan fingerprint density at radius 3 is 2.44 bits per heavy atom. The minimum Gasteiger partial charge on any atom is -0.494 e. The molecule has 0 spiro atoms. The van der Waals surface area contributed by atoms with Gasteiger partial charge in [0, 0.05) is 11.6 Å². The van der Waals surface area contributed by atoms with Gasteiger partial charge in [0.2, 0.25) is 5.88 Å². The Labute approximate surface area is 241 Å². The maximum Gasteiger partial charge on any atom is 0.343 e. The molecular formula is C33H36N2O6. The van der Waals surface area contributed by atoms with Crippen LogP contribution < -0.4 is 29.4 Å². The predicted octanol–water partition coefficient (Wildman–Crippen LogP) is 6.74. The van der Waals surface area contributed by atoms with Gasteiger partial charge in [-0.25, -0.2) is 4.79 Å². The highest BCUT2D eigenvalue weighted by atomic mass is 16.5. The Morgan fingerprint density at radius 2 is 1.76 bits per heavy atom. The lowest BCUT2D eigenvalue weighted by Crippen LogP contribution is -2.21. The smallest absolute Gasteiger partial charge is 0.343 e. The monoisotopic (exact) mass is 556 g/mol. The van der Waals surface area contributed by atoms with E-state index in [0.29, 0.717) is 53.3 Å². The Balaban J connectivity index is 1.54. The van der Waals surface area contributed by atoms with Gasteiger partial charge in [0.1, 0.15) is 28.9 Å². The van der Waals surface area contributed by atoms with Crippen LogP contribution in [0.25, 0.3) is 0 Å². The molecule has 8 nitrogen and oxygen atoms in total. The van der Waals surface area contributed by atoms with Crippen molar-refractivity contribution in [3.63, 3.8) is 0 Å². The summed E-state index contributed by atoms with van der Waals surface area (Å²) in [4.78, 5) is 12.8. The number of benzene rings is 3. The first-order chi connectivity index (χ1) is 19.8. The number of carbonyl (C=O) groups is 1. The first-order valence-corrected chi connectivity index (χ1v) is 13.8. The van der Waals surface area contributed by atoms with Gasteiger partial charge in [0.05, 0.1) is 31.8 Å². The zero-order chi connectivity index (χ0) is 29.4. The fourth-order valence-corrected chi connectivity index (χ4v) is 4.48. The van der Waals surface area contributed by atoms with Crippen molar-refractivity contribution in [2.75, 3.05) is 20.3 Å². The zero-order valence-electron chi connectivity index (χ0n) is 23.9. The molecule has 0 amide bonds. The summed E-state index contributed by atoms with van der Waals surface area (Å²) in [5.74, 6) is 1.87. The van der Waals surface area contributed by atoms with E-state index in [1.807, 2.05) is 18.2 Å². The molecule has 1 aliphatic heterocycles. The van der Waals surface area contributed by atoms with Crippen molar-refractivity contribution < 1.29 is 28.5 Å². The molecule has 0 fully saturated rings. The molecule has 0 saturated carbocycles. The number of hydrogen-bond donors (Lipinski definition) is 1. The highest BCUT2D eigenvalue weighted by Crippen LogP contribution is 2.45. The molecule has 0 bridgehead atoms. The van der Waals surface area contributed by atoms with Crippen LogP contribution in [0.5, 0.6) is 28.7 Å². The number of nitrogens with two attached hydrogens (primary N) is 1. The summed E-state index contributed by atoms with van der Waals surface area (Å²) in [7, 11) is 1.57. The third-order valence-corrected chi connectivity index (χ3v) is 6.60. The van der Waals surface area contributed by atoms with Gasteiger partial charge < -0.3 is 29.4 Å². The van der Waals surface area contributed by atoms with E-state index in [-0.39, 0.29) is 17.2 Å². The highest BCUT2D eigenvalue weighted by molar-refractivity contribution is 5.91. The molecule has 1 unspecified atom stereocenters. The van der Waals surface area contributed by atoms with Gasteiger partial charge in [0.25, 0.3) is 0 Å². The molecule has 3 aromatic rings. The van der Waals surface area contributed by atoms with Crippen LogP contribution in [0.15, 0.2) is 72.1 Å². The van der Waals surface area contributed by atoms with E-state index in [4.69, 9.17) is 29.4 Å². The normalized spacial score (nSPS) is 14.1. The Bertz CT molecular complexity index is 1440. The number of ether oxygens (including phenoxy) is 5. The molecule has 2 N–H and O–H groups in total. The number of fused-ring (bicyclic) bond motifs is 1. The van der Waals surface area contributed by atoms with Crippen molar-refractivity contribution >= 4 is 5.97 Å². The van der Waals surface area contributed by atoms with E-state index in [2.05, 4.69) is 26.8 Å². The Hall–Kier alpha value is -4.64.